The smallest absolute Gasteiger partial charge is 0.265 e. The summed E-state index contributed by atoms with van der Waals surface area (Å²) in [4.78, 5) is 30.1. The lowest BCUT2D eigenvalue weighted by molar-refractivity contribution is 0.0717. The summed E-state index contributed by atoms with van der Waals surface area (Å²) >= 11 is 1.37. The average Bonchev–Trinajstić information content (AvgIpc) is 3.53. The Kier molecular flexibility index (Phi) is 7.08. The molecule has 0 bridgehead atoms. The van der Waals surface area contributed by atoms with Crippen LogP contribution in [0.3, 0.4) is 0 Å². The average molecular weight is 478 g/mol. The van der Waals surface area contributed by atoms with Gasteiger partial charge in [-0.3, -0.25) is 9.59 Å². The molecule has 2 heterocycles. The van der Waals surface area contributed by atoms with E-state index >= 15 is 0 Å². The first-order valence-electron chi connectivity index (χ1n) is 10.6. The summed E-state index contributed by atoms with van der Waals surface area (Å²) in [5.41, 5.74) is 2.76. The molecule has 6 nitrogen and oxygen atoms in total. The number of hydrogen-bond donors (Lipinski definition) is 1. The molecule has 0 fully saturated rings. The third-order valence-corrected chi connectivity index (χ3v) is 6.10. The van der Waals surface area contributed by atoms with Gasteiger partial charge >= 0.3 is 0 Å². The number of benzene rings is 2. The van der Waals surface area contributed by atoms with Crippen molar-refractivity contribution in [1.29, 1.82) is 0 Å². The molecule has 0 aliphatic rings. The molecule has 0 radical (unpaired) electrons. The molecule has 2 amide bonds. The van der Waals surface area contributed by atoms with Gasteiger partial charge in [-0.2, -0.15) is 0 Å². The van der Waals surface area contributed by atoms with E-state index in [0.29, 0.717) is 21.9 Å². The molecule has 8 heteroatoms. The molecule has 4 rings (SSSR count). The Labute approximate surface area is 201 Å². The first kappa shape index (κ1) is 23.3. The van der Waals surface area contributed by atoms with Gasteiger partial charge in [-0.25, -0.2) is 4.39 Å². The number of carbonyl (C=O) groups excluding carboxylic acids is 2. The van der Waals surface area contributed by atoms with Crippen LogP contribution >= 0.6 is 11.3 Å². The van der Waals surface area contributed by atoms with Crippen LogP contribution in [0.25, 0.3) is 0 Å². The summed E-state index contributed by atoms with van der Waals surface area (Å²) in [6, 6.07) is 18.2. The number of amides is 2. The maximum atomic E-state index is 13.4. The van der Waals surface area contributed by atoms with Gasteiger partial charge in [-0.05, 0) is 71.6 Å². The van der Waals surface area contributed by atoms with Crippen molar-refractivity contribution in [2.75, 3.05) is 24.3 Å². The third-order valence-electron chi connectivity index (χ3n) is 5.23. The fourth-order valence-electron chi connectivity index (χ4n) is 3.60. The number of nitrogens with one attached hydrogen (secondary N) is 1. The molecule has 0 aliphatic carbocycles. The van der Waals surface area contributed by atoms with Crippen molar-refractivity contribution >= 4 is 34.5 Å². The van der Waals surface area contributed by atoms with Gasteiger partial charge in [0.1, 0.15) is 11.6 Å². The number of furan rings is 1. The van der Waals surface area contributed by atoms with E-state index in [1.807, 2.05) is 48.6 Å². The van der Waals surface area contributed by atoms with Crippen molar-refractivity contribution in [3.63, 3.8) is 0 Å². The Bertz CT molecular complexity index is 1250. The van der Waals surface area contributed by atoms with Gasteiger partial charge < -0.3 is 19.5 Å². The van der Waals surface area contributed by atoms with Crippen molar-refractivity contribution in [2.45, 2.75) is 13.1 Å². The van der Waals surface area contributed by atoms with E-state index in [9.17, 15) is 14.0 Å². The Hall–Kier alpha value is -3.91. The number of anilines is 2. The second-order valence-corrected chi connectivity index (χ2v) is 8.86. The molecule has 0 aliphatic heterocycles. The minimum absolute atomic E-state index is 0.187. The van der Waals surface area contributed by atoms with E-state index in [2.05, 4.69) is 5.32 Å². The number of carbonyl (C=O) groups is 2. The van der Waals surface area contributed by atoms with E-state index in [0.717, 1.165) is 11.3 Å². The largest absolute Gasteiger partial charge is 0.467 e. The van der Waals surface area contributed by atoms with Gasteiger partial charge in [0.05, 0.1) is 17.7 Å². The maximum absolute atomic E-state index is 13.4. The summed E-state index contributed by atoms with van der Waals surface area (Å²) in [5, 5.41) is 4.78. The summed E-state index contributed by atoms with van der Waals surface area (Å²) in [6.45, 7) is 0.495. The van der Waals surface area contributed by atoms with E-state index in [1.165, 1.54) is 35.6 Å². The predicted molar refractivity (Wildman–Crippen MR) is 132 cm³/mol. The normalized spacial score (nSPS) is 10.7. The zero-order valence-corrected chi connectivity index (χ0v) is 19.6. The molecule has 1 N–H and O–H groups in total. The molecular weight excluding hydrogens is 453 g/mol. The maximum Gasteiger partial charge on any atom is 0.265 e. The van der Waals surface area contributed by atoms with E-state index < -0.39 is 5.82 Å². The van der Waals surface area contributed by atoms with Gasteiger partial charge in [0.25, 0.3) is 11.8 Å². The monoisotopic (exact) mass is 477 g/mol. The Morgan fingerprint density at radius 3 is 2.44 bits per heavy atom. The van der Waals surface area contributed by atoms with Crippen molar-refractivity contribution in [3.8, 4) is 0 Å². The van der Waals surface area contributed by atoms with Crippen LogP contribution in [0.2, 0.25) is 0 Å². The molecule has 174 valence electrons. The lowest BCUT2D eigenvalue weighted by Gasteiger charge is -2.26. The number of nitrogens with zero attached hydrogens (tertiary/aromatic N) is 2. The number of hydrogen-bond acceptors (Lipinski definition) is 5. The zero-order valence-electron chi connectivity index (χ0n) is 18.8. The first-order valence-corrected chi connectivity index (χ1v) is 11.5. The Morgan fingerprint density at radius 2 is 1.79 bits per heavy atom. The predicted octanol–water partition coefficient (Wildman–Crippen LogP) is 5.64. The van der Waals surface area contributed by atoms with Crippen LogP contribution in [0, 0.1) is 5.82 Å². The lowest BCUT2D eigenvalue weighted by atomic mass is 10.1. The van der Waals surface area contributed by atoms with Crippen LogP contribution in [0.1, 0.15) is 31.4 Å². The van der Waals surface area contributed by atoms with Gasteiger partial charge in [-0.15, -0.1) is 11.3 Å². The quantitative estimate of drug-likeness (QED) is 0.357. The summed E-state index contributed by atoms with van der Waals surface area (Å²) in [6.07, 6.45) is 1.56. The van der Waals surface area contributed by atoms with Crippen LogP contribution in [0.15, 0.2) is 82.8 Å². The number of halogens is 1. The topological polar surface area (TPSA) is 65.8 Å². The molecule has 0 saturated carbocycles. The fourth-order valence-corrected chi connectivity index (χ4v) is 4.22. The standard InChI is InChI=1S/C26H24FN3O3S/c1-29(2)23-12-11-21(28-25(31)24-6-4-14-34-24)15-19(23)16-30(17-22-5-3-13-33-22)26(32)18-7-9-20(27)10-8-18/h3-15H,16-17H2,1-2H3,(H,28,31). The molecule has 0 atom stereocenters. The molecule has 0 saturated heterocycles. The van der Waals surface area contributed by atoms with Crippen molar-refractivity contribution in [2.24, 2.45) is 0 Å². The zero-order chi connectivity index (χ0) is 24.1. The van der Waals surface area contributed by atoms with Gasteiger partial charge in [0.2, 0.25) is 0 Å². The van der Waals surface area contributed by atoms with Crippen LogP contribution in [-0.4, -0.2) is 30.8 Å². The number of thiophene rings is 1. The molecule has 2 aromatic carbocycles. The van der Waals surface area contributed by atoms with E-state index in [1.54, 1.807) is 29.4 Å². The third kappa shape index (κ3) is 5.52. The molecule has 0 unspecified atom stereocenters. The molecule has 34 heavy (non-hydrogen) atoms. The van der Waals surface area contributed by atoms with Crippen LogP contribution in [0.5, 0.6) is 0 Å². The summed E-state index contributed by atoms with van der Waals surface area (Å²) in [7, 11) is 3.84. The van der Waals surface area contributed by atoms with E-state index in [4.69, 9.17) is 4.42 Å². The SMILES string of the molecule is CN(C)c1ccc(NC(=O)c2cccs2)cc1CN(Cc1ccco1)C(=O)c1ccc(F)cc1. The summed E-state index contributed by atoms with van der Waals surface area (Å²) < 4.78 is 18.9. The molecule has 0 spiro atoms. The Balaban J connectivity index is 1.64. The van der Waals surface area contributed by atoms with E-state index in [-0.39, 0.29) is 24.9 Å². The highest BCUT2D eigenvalue weighted by atomic mass is 32.1. The Morgan fingerprint density at radius 1 is 1.00 bits per heavy atom. The second-order valence-electron chi connectivity index (χ2n) is 7.92. The fraction of sp³-hybridized carbons (Fsp3) is 0.154. The minimum atomic E-state index is -0.404. The van der Waals surface area contributed by atoms with Crippen LogP contribution < -0.4 is 10.2 Å². The van der Waals surface area contributed by atoms with Gasteiger partial charge in [-0.1, -0.05) is 6.07 Å². The van der Waals surface area contributed by atoms with Gasteiger partial charge in [0, 0.05) is 37.6 Å². The van der Waals surface area contributed by atoms with Crippen LogP contribution in [0.4, 0.5) is 15.8 Å². The first-order chi connectivity index (χ1) is 16.4. The van der Waals surface area contributed by atoms with Crippen molar-refractivity contribution in [3.05, 3.63) is 106 Å². The lowest BCUT2D eigenvalue weighted by Crippen LogP contribution is -2.30. The second kappa shape index (κ2) is 10.4. The summed E-state index contributed by atoms with van der Waals surface area (Å²) in [5.74, 6) is -0.218. The number of rotatable bonds is 8. The van der Waals surface area contributed by atoms with Gasteiger partial charge in [0.15, 0.2) is 0 Å². The highest BCUT2D eigenvalue weighted by Crippen LogP contribution is 2.27. The van der Waals surface area contributed by atoms with Crippen molar-refractivity contribution in [1.82, 2.24) is 4.90 Å². The highest BCUT2D eigenvalue weighted by Gasteiger charge is 2.20. The molecule has 2 aromatic heterocycles. The minimum Gasteiger partial charge on any atom is -0.467 e. The molecular formula is C26H24FN3O3S. The van der Waals surface area contributed by atoms with Crippen molar-refractivity contribution < 1.29 is 18.4 Å². The highest BCUT2D eigenvalue weighted by molar-refractivity contribution is 7.12. The van der Waals surface area contributed by atoms with Crippen LogP contribution in [-0.2, 0) is 13.1 Å². The molecule has 4 aromatic rings.